The molecule has 17 heavy (non-hydrogen) atoms. The first-order chi connectivity index (χ1) is 8.34. The maximum absolute atomic E-state index is 3.69. The molecule has 1 saturated heterocycles. The quantitative estimate of drug-likeness (QED) is 0.838. The molecular formula is C15H22N2. The molecule has 92 valence electrons. The number of aryl methyl sites for hydroxylation is 1. The van der Waals surface area contributed by atoms with Gasteiger partial charge in [-0.3, -0.25) is 0 Å². The Hall–Kier alpha value is -0.860. The topological polar surface area (TPSA) is 15.3 Å². The number of likely N-dealkylation sites (tertiary alicyclic amines) is 1. The number of nitrogens with zero attached hydrogens (tertiary/aromatic N) is 1. The largest absolute Gasteiger partial charge is 0.309 e. The van der Waals surface area contributed by atoms with Gasteiger partial charge < -0.3 is 10.2 Å². The molecule has 3 rings (SSSR count). The number of benzene rings is 1. The predicted octanol–water partition coefficient (Wildman–Crippen LogP) is 2.28. The van der Waals surface area contributed by atoms with Crippen LogP contribution in [0.4, 0.5) is 0 Å². The van der Waals surface area contributed by atoms with E-state index in [1.807, 2.05) is 0 Å². The zero-order valence-electron chi connectivity index (χ0n) is 10.7. The fraction of sp³-hybridized carbons (Fsp3) is 0.600. The molecule has 0 bridgehead atoms. The molecule has 2 aliphatic rings. The van der Waals surface area contributed by atoms with Gasteiger partial charge in [-0.05, 0) is 62.5 Å². The second-order valence-electron chi connectivity index (χ2n) is 5.41. The lowest BCUT2D eigenvalue weighted by Gasteiger charge is -2.31. The molecule has 2 heterocycles. The molecule has 0 radical (unpaired) electrons. The van der Waals surface area contributed by atoms with E-state index in [1.54, 1.807) is 11.1 Å². The highest BCUT2D eigenvalue weighted by Gasteiger charge is 2.23. The molecule has 2 aliphatic heterocycles. The van der Waals surface area contributed by atoms with E-state index in [0.29, 0.717) is 6.04 Å². The lowest BCUT2D eigenvalue weighted by molar-refractivity contribution is 0.287. The van der Waals surface area contributed by atoms with Crippen molar-refractivity contribution in [3.8, 4) is 0 Å². The second kappa shape index (κ2) is 4.79. The van der Waals surface area contributed by atoms with Crippen LogP contribution in [0, 0.1) is 6.92 Å². The molecule has 1 atom stereocenters. The first-order valence-corrected chi connectivity index (χ1v) is 6.89. The average molecular weight is 230 g/mol. The minimum atomic E-state index is 0.553. The Morgan fingerprint density at radius 2 is 2.12 bits per heavy atom. The van der Waals surface area contributed by atoms with Gasteiger partial charge in [0.05, 0.1) is 0 Å². The highest BCUT2D eigenvalue weighted by Crippen LogP contribution is 2.26. The van der Waals surface area contributed by atoms with Gasteiger partial charge >= 0.3 is 0 Å². The average Bonchev–Trinajstić information content (AvgIpc) is 2.83. The van der Waals surface area contributed by atoms with Crippen molar-refractivity contribution in [1.82, 2.24) is 10.2 Å². The zero-order chi connectivity index (χ0) is 11.7. The van der Waals surface area contributed by atoms with Crippen molar-refractivity contribution in [2.45, 2.75) is 32.2 Å². The number of hydrogen-bond acceptors (Lipinski definition) is 2. The van der Waals surface area contributed by atoms with E-state index in [-0.39, 0.29) is 0 Å². The van der Waals surface area contributed by atoms with Crippen LogP contribution in [-0.2, 0) is 6.42 Å². The summed E-state index contributed by atoms with van der Waals surface area (Å²) in [6, 6.07) is 7.32. The first kappa shape index (κ1) is 11.2. The third-order valence-corrected chi connectivity index (χ3v) is 4.23. The van der Waals surface area contributed by atoms with Crippen LogP contribution in [0.2, 0.25) is 0 Å². The van der Waals surface area contributed by atoms with Gasteiger partial charge in [0.1, 0.15) is 0 Å². The minimum absolute atomic E-state index is 0.553. The summed E-state index contributed by atoms with van der Waals surface area (Å²) >= 11 is 0. The van der Waals surface area contributed by atoms with E-state index in [9.17, 15) is 0 Å². The van der Waals surface area contributed by atoms with E-state index in [1.165, 1.54) is 44.5 Å². The molecule has 2 nitrogen and oxygen atoms in total. The van der Waals surface area contributed by atoms with Crippen molar-refractivity contribution in [2.75, 3.05) is 26.2 Å². The maximum atomic E-state index is 3.69. The smallest absolute Gasteiger partial charge is 0.0452 e. The Balaban J connectivity index is 1.81. The van der Waals surface area contributed by atoms with Gasteiger partial charge in [0, 0.05) is 12.6 Å². The predicted molar refractivity (Wildman–Crippen MR) is 71.3 cm³/mol. The number of hydrogen-bond donors (Lipinski definition) is 1. The van der Waals surface area contributed by atoms with E-state index in [4.69, 9.17) is 0 Å². The standard InChI is InChI=1S/C15H22N2/c1-12-5-4-6-14-13(12)7-8-16-15(14)11-17-9-2-3-10-17/h4-6,15-16H,2-3,7-11H2,1H3. The molecule has 0 spiro atoms. The summed E-state index contributed by atoms with van der Waals surface area (Å²) in [5.74, 6) is 0. The van der Waals surface area contributed by atoms with Crippen molar-refractivity contribution < 1.29 is 0 Å². The summed E-state index contributed by atoms with van der Waals surface area (Å²) in [5, 5.41) is 3.69. The molecule has 0 aromatic heterocycles. The fourth-order valence-corrected chi connectivity index (χ4v) is 3.26. The first-order valence-electron chi connectivity index (χ1n) is 6.89. The molecule has 2 heteroatoms. The van der Waals surface area contributed by atoms with Crippen LogP contribution < -0.4 is 5.32 Å². The Labute approximate surface area is 104 Å². The summed E-state index contributed by atoms with van der Waals surface area (Å²) in [4.78, 5) is 2.61. The third-order valence-electron chi connectivity index (χ3n) is 4.23. The molecule has 0 saturated carbocycles. The SMILES string of the molecule is Cc1cccc2c1CCNC2CN1CCCC1. The third kappa shape index (κ3) is 2.24. The second-order valence-corrected chi connectivity index (χ2v) is 5.41. The highest BCUT2D eigenvalue weighted by atomic mass is 15.2. The molecule has 0 aliphatic carbocycles. The van der Waals surface area contributed by atoms with Crippen LogP contribution in [0.3, 0.4) is 0 Å². The fourth-order valence-electron chi connectivity index (χ4n) is 3.26. The maximum Gasteiger partial charge on any atom is 0.0452 e. The van der Waals surface area contributed by atoms with Crippen LogP contribution >= 0.6 is 0 Å². The van der Waals surface area contributed by atoms with Crippen LogP contribution in [0.5, 0.6) is 0 Å². The van der Waals surface area contributed by atoms with Crippen LogP contribution in [-0.4, -0.2) is 31.1 Å². The van der Waals surface area contributed by atoms with Crippen molar-refractivity contribution in [2.24, 2.45) is 0 Å². The Morgan fingerprint density at radius 3 is 2.94 bits per heavy atom. The Morgan fingerprint density at radius 1 is 1.29 bits per heavy atom. The van der Waals surface area contributed by atoms with Crippen molar-refractivity contribution in [3.63, 3.8) is 0 Å². The van der Waals surface area contributed by atoms with Crippen molar-refractivity contribution in [3.05, 3.63) is 34.9 Å². The Bertz CT molecular complexity index is 394. The van der Waals surface area contributed by atoms with Crippen LogP contribution in [0.1, 0.15) is 35.6 Å². The lowest BCUT2D eigenvalue weighted by Crippen LogP contribution is -2.38. The summed E-state index contributed by atoms with van der Waals surface area (Å²) in [6.07, 6.45) is 3.96. The zero-order valence-corrected chi connectivity index (χ0v) is 10.7. The van der Waals surface area contributed by atoms with Crippen molar-refractivity contribution in [1.29, 1.82) is 0 Å². The molecule has 1 aromatic carbocycles. The van der Waals surface area contributed by atoms with Gasteiger partial charge in [-0.2, -0.15) is 0 Å². The Kier molecular flexibility index (Phi) is 3.17. The molecule has 1 unspecified atom stereocenters. The van der Waals surface area contributed by atoms with Gasteiger partial charge in [0.25, 0.3) is 0 Å². The van der Waals surface area contributed by atoms with Gasteiger partial charge in [-0.25, -0.2) is 0 Å². The summed E-state index contributed by atoms with van der Waals surface area (Å²) in [7, 11) is 0. The van der Waals surface area contributed by atoms with Crippen LogP contribution in [0.25, 0.3) is 0 Å². The van der Waals surface area contributed by atoms with Crippen molar-refractivity contribution >= 4 is 0 Å². The summed E-state index contributed by atoms with van der Waals surface area (Å²) < 4.78 is 0. The normalized spacial score (nSPS) is 24.9. The number of fused-ring (bicyclic) bond motifs is 1. The summed E-state index contributed by atoms with van der Waals surface area (Å²) in [5.41, 5.74) is 4.61. The van der Waals surface area contributed by atoms with Gasteiger partial charge in [-0.15, -0.1) is 0 Å². The highest BCUT2D eigenvalue weighted by molar-refractivity contribution is 5.38. The monoisotopic (exact) mass is 230 g/mol. The lowest BCUT2D eigenvalue weighted by atomic mass is 9.91. The number of rotatable bonds is 2. The van der Waals surface area contributed by atoms with Gasteiger partial charge in [0.2, 0.25) is 0 Å². The van der Waals surface area contributed by atoms with E-state index >= 15 is 0 Å². The number of nitrogens with one attached hydrogen (secondary N) is 1. The minimum Gasteiger partial charge on any atom is -0.309 e. The van der Waals surface area contributed by atoms with E-state index < -0.39 is 0 Å². The van der Waals surface area contributed by atoms with Crippen LogP contribution in [0.15, 0.2) is 18.2 Å². The van der Waals surface area contributed by atoms with E-state index in [2.05, 4.69) is 35.3 Å². The molecule has 1 aromatic rings. The van der Waals surface area contributed by atoms with Gasteiger partial charge in [0.15, 0.2) is 0 Å². The molecule has 0 amide bonds. The van der Waals surface area contributed by atoms with Gasteiger partial charge in [-0.1, -0.05) is 18.2 Å². The molecular weight excluding hydrogens is 208 g/mol. The van der Waals surface area contributed by atoms with E-state index in [0.717, 1.165) is 6.54 Å². The molecule has 1 fully saturated rings. The summed E-state index contributed by atoms with van der Waals surface area (Å²) in [6.45, 7) is 7.16. The molecule has 1 N–H and O–H groups in total.